The molecule has 0 radical (unpaired) electrons. The predicted octanol–water partition coefficient (Wildman–Crippen LogP) is 1.68. The van der Waals surface area contributed by atoms with Crippen LogP contribution in [0.15, 0.2) is 66.1 Å². The van der Waals surface area contributed by atoms with E-state index in [0.29, 0.717) is 16.3 Å². The minimum absolute atomic E-state index is 0.0527. The molecule has 116 valence electrons. The van der Waals surface area contributed by atoms with Crippen molar-refractivity contribution < 1.29 is 13.2 Å². The van der Waals surface area contributed by atoms with Gasteiger partial charge in [-0.25, -0.2) is 13.1 Å². The molecule has 0 saturated carbocycles. The Hall–Kier alpha value is -2.80. The summed E-state index contributed by atoms with van der Waals surface area (Å²) in [5.41, 5.74) is 0.641. The van der Waals surface area contributed by atoms with Crippen LogP contribution in [0.5, 0.6) is 0 Å². The number of aromatic nitrogens is 2. The van der Waals surface area contributed by atoms with Crippen LogP contribution in [0.4, 0.5) is 0 Å². The molecule has 0 fully saturated rings. The van der Waals surface area contributed by atoms with Gasteiger partial charge in [0.25, 0.3) is 10.0 Å². The first kappa shape index (κ1) is 15.1. The lowest BCUT2D eigenvalue weighted by Crippen LogP contribution is -2.32. The fourth-order valence-electron chi connectivity index (χ4n) is 2.26. The highest BCUT2D eigenvalue weighted by Gasteiger charge is 2.20. The Morgan fingerprint density at radius 1 is 1.00 bits per heavy atom. The number of pyridine rings is 2. The van der Waals surface area contributed by atoms with Crippen molar-refractivity contribution in [2.45, 2.75) is 11.3 Å². The highest BCUT2D eigenvalue weighted by Crippen LogP contribution is 2.21. The van der Waals surface area contributed by atoms with Gasteiger partial charge in [0.15, 0.2) is 0 Å². The second-order valence-electron chi connectivity index (χ2n) is 4.92. The molecule has 7 heteroatoms. The Bertz CT molecular complexity index is 951. The van der Waals surface area contributed by atoms with Crippen molar-refractivity contribution in [2.75, 3.05) is 0 Å². The van der Waals surface area contributed by atoms with Crippen molar-refractivity contribution in [3.05, 3.63) is 66.7 Å². The smallest absolute Gasteiger partial charge is 0.264 e. The number of amides is 1. The summed E-state index contributed by atoms with van der Waals surface area (Å²) in [5.74, 6) is -0.607. The highest BCUT2D eigenvalue weighted by molar-refractivity contribution is 7.90. The number of hydrogen-bond acceptors (Lipinski definition) is 5. The molecule has 0 aliphatic carbocycles. The summed E-state index contributed by atoms with van der Waals surface area (Å²) in [6, 6.07) is 9.85. The van der Waals surface area contributed by atoms with E-state index in [1.165, 1.54) is 18.5 Å². The van der Waals surface area contributed by atoms with Crippen LogP contribution in [-0.2, 0) is 21.2 Å². The Kier molecular flexibility index (Phi) is 4.03. The number of hydrogen-bond donors (Lipinski definition) is 1. The van der Waals surface area contributed by atoms with Gasteiger partial charge in [0.1, 0.15) is 0 Å². The molecule has 0 saturated heterocycles. The fraction of sp³-hybridized carbons (Fsp3) is 0.0625. The van der Waals surface area contributed by atoms with Crippen LogP contribution in [0.2, 0.25) is 0 Å². The zero-order valence-corrected chi connectivity index (χ0v) is 12.8. The van der Waals surface area contributed by atoms with Crippen molar-refractivity contribution in [1.29, 1.82) is 0 Å². The van der Waals surface area contributed by atoms with E-state index in [1.54, 1.807) is 42.7 Å². The maximum Gasteiger partial charge on any atom is 0.264 e. The second kappa shape index (κ2) is 6.13. The summed E-state index contributed by atoms with van der Waals surface area (Å²) >= 11 is 0. The average molecular weight is 327 g/mol. The molecule has 6 nitrogen and oxygen atoms in total. The van der Waals surface area contributed by atoms with E-state index in [9.17, 15) is 13.2 Å². The van der Waals surface area contributed by atoms with Gasteiger partial charge in [0.05, 0.1) is 11.3 Å². The van der Waals surface area contributed by atoms with Gasteiger partial charge in [-0.05, 0) is 23.8 Å². The zero-order chi connectivity index (χ0) is 16.3. The second-order valence-corrected chi connectivity index (χ2v) is 6.57. The molecule has 1 amide bonds. The lowest BCUT2D eigenvalue weighted by Gasteiger charge is -2.09. The van der Waals surface area contributed by atoms with Gasteiger partial charge in [-0.15, -0.1) is 0 Å². The molecular formula is C16H13N3O3S. The van der Waals surface area contributed by atoms with Crippen molar-refractivity contribution in [1.82, 2.24) is 14.7 Å². The average Bonchev–Trinajstić information content (AvgIpc) is 2.54. The Labute approximate surface area is 133 Å². The number of nitrogens with zero attached hydrogens (tertiary/aromatic N) is 2. The number of nitrogens with one attached hydrogen (secondary N) is 1. The van der Waals surface area contributed by atoms with Gasteiger partial charge in [0, 0.05) is 35.6 Å². The van der Waals surface area contributed by atoms with Gasteiger partial charge in [0.2, 0.25) is 5.91 Å². The first-order valence-electron chi connectivity index (χ1n) is 6.83. The molecule has 23 heavy (non-hydrogen) atoms. The fourth-order valence-corrected chi connectivity index (χ4v) is 3.47. The molecule has 0 spiro atoms. The van der Waals surface area contributed by atoms with Gasteiger partial charge < -0.3 is 0 Å². The number of rotatable bonds is 4. The van der Waals surface area contributed by atoms with Crippen LogP contribution in [0.1, 0.15) is 5.56 Å². The molecule has 0 aliphatic rings. The number of fused-ring (bicyclic) bond motifs is 1. The zero-order valence-electron chi connectivity index (χ0n) is 12.0. The van der Waals surface area contributed by atoms with Crippen molar-refractivity contribution in [3.63, 3.8) is 0 Å². The van der Waals surface area contributed by atoms with E-state index in [4.69, 9.17) is 0 Å². The third kappa shape index (κ3) is 3.35. The van der Waals surface area contributed by atoms with Crippen LogP contribution in [-0.4, -0.2) is 24.3 Å². The van der Waals surface area contributed by atoms with Crippen LogP contribution < -0.4 is 4.72 Å². The van der Waals surface area contributed by atoms with Crippen LogP contribution in [0.3, 0.4) is 0 Å². The monoisotopic (exact) mass is 327 g/mol. The Balaban J connectivity index is 1.88. The minimum atomic E-state index is -3.95. The molecule has 1 N–H and O–H groups in total. The molecule has 3 rings (SSSR count). The molecule has 0 aliphatic heterocycles. The standard InChI is InChI=1S/C16H13N3O3S/c20-16(9-12-3-2-7-17-10-12)19-23(21,22)15-5-1-4-13-11-18-8-6-14(13)15/h1-8,10-11H,9H2,(H,19,20). The molecule has 0 unspecified atom stereocenters. The summed E-state index contributed by atoms with van der Waals surface area (Å²) < 4.78 is 27.1. The van der Waals surface area contributed by atoms with Gasteiger partial charge in [-0.3, -0.25) is 14.8 Å². The van der Waals surface area contributed by atoms with E-state index in [0.717, 1.165) is 0 Å². The van der Waals surface area contributed by atoms with Crippen LogP contribution in [0.25, 0.3) is 10.8 Å². The summed E-state index contributed by atoms with van der Waals surface area (Å²) in [4.78, 5) is 19.9. The maximum absolute atomic E-state index is 12.5. The molecule has 3 aromatic rings. The quantitative estimate of drug-likeness (QED) is 0.787. The Morgan fingerprint density at radius 3 is 2.61 bits per heavy atom. The predicted molar refractivity (Wildman–Crippen MR) is 85.0 cm³/mol. The summed E-state index contributed by atoms with van der Waals surface area (Å²) in [5, 5.41) is 1.21. The van der Waals surface area contributed by atoms with Gasteiger partial charge in [-0.1, -0.05) is 18.2 Å². The largest absolute Gasteiger partial charge is 0.274 e. The van der Waals surface area contributed by atoms with E-state index >= 15 is 0 Å². The first-order chi connectivity index (χ1) is 11.1. The van der Waals surface area contributed by atoms with Crippen LogP contribution in [0, 0.1) is 0 Å². The number of carbonyl (C=O) groups excluding carboxylic acids is 1. The normalized spacial score (nSPS) is 11.3. The molecule has 2 heterocycles. The summed E-state index contributed by atoms with van der Waals surface area (Å²) in [7, 11) is -3.95. The molecule has 0 atom stereocenters. The highest BCUT2D eigenvalue weighted by atomic mass is 32.2. The molecule has 1 aromatic carbocycles. The number of benzene rings is 1. The van der Waals surface area contributed by atoms with Crippen molar-refractivity contribution in [2.24, 2.45) is 0 Å². The van der Waals surface area contributed by atoms with Gasteiger partial charge in [-0.2, -0.15) is 0 Å². The third-order valence-corrected chi connectivity index (χ3v) is 4.70. The van der Waals surface area contributed by atoms with E-state index in [2.05, 4.69) is 14.7 Å². The Morgan fingerprint density at radius 2 is 1.83 bits per heavy atom. The molecule has 0 bridgehead atoms. The summed E-state index contributed by atoms with van der Waals surface area (Å²) in [6.07, 6.45) is 6.14. The molecular weight excluding hydrogens is 314 g/mol. The third-order valence-electron chi connectivity index (χ3n) is 3.27. The minimum Gasteiger partial charge on any atom is -0.274 e. The van der Waals surface area contributed by atoms with Gasteiger partial charge >= 0.3 is 0 Å². The van der Waals surface area contributed by atoms with E-state index < -0.39 is 15.9 Å². The first-order valence-corrected chi connectivity index (χ1v) is 8.32. The van der Waals surface area contributed by atoms with Crippen LogP contribution >= 0.6 is 0 Å². The lowest BCUT2D eigenvalue weighted by molar-refractivity contribution is -0.118. The summed E-state index contributed by atoms with van der Waals surface area (Å²) in [6.45, 7) is 0. The number of carbonyl (C=O) groups is 1. The lowest BCUT2D eigenvalue weighted by atomic mass is 10.2. The van der Waals surface area contributed by atoms with Crippen molar-refractivity contribution in [3.8, 4) is 0 Å². The maximum atomic E-state index is 12.5. The topological polar surface area (TPSA) is 89.0 Å². The van der Waals surface area contributed by atoms with E-state index in [1.807, 2.05) is 0 Å². The number of sulfonamides is 1. The van der Waals surface area contributed by atoms with Crippen molar-refractivity contribution >= 4 is 26.7 Å². The SMILES string of the molecule is O=C(Cc1cccnc1)NS(=O)(=O)c1cccc2cnccc12. The molecule has 2 aromatic heterocycles. The van der Waals surface area contributed by atoms with E-state index in [-0.39, 0.29) is 11.3 Å².